The van der Waals surface area contributed by atoms with E-state index >= 15 is 0 Å². The molecule has 36 heavy (non-hydrogen) atoms. The van der Waals surface area contributed by atoms with Gasteiger partial charge in [-0.15, -0.1) is 0 Å². The van der Waals surface area contributed by atoms with Crippen molar-refractivity contribution in [2.75, 3.05) is 33.4 Å². The molecule has 184 valence electrons. The van der Waals surface area contributed by atoms with Gasteiger partial charge in [0.2, 0.25) is 0 Å². The number of nitrogens with zero attached hydrogens (tertiary/aromatic N) is 2. The number of fused-ring (bicyclic) bond motifs is 1. The number of hydrogen-bond acceptors (Lipinski definition) is 7. The van der Waals surface area contributed by atoms with E-state index in [0.29, 0.717) is 23.5 Å². The van der Waals surface area contributed by atoms with Crippen LogP contribution in [-0.2, 0) is 0 Å². The van der Waals surface area contributed by atoms with Crippen molar-refractivity contribution in [2.24, 2.45) is 5.10 Å². The number of aromatic hydroxyl groups is 1. The lowest BCUT2D eigenvalue weighted by Crippen LogP contribution is -2.19. The van der Waals surface area contributed by atoms with Gasteiger partial charge in [-0.2, -0.15) is 5.10 Å². The molecule has 7 nitrogen and oxygen atoms in total. The molecule has 0 saturated carbocycles. The highest BCUT2D eigenvalue weighted by Crippen LogP contribution is 2.44. The van der Waals surface area contributed by atoms with Crippen LogP contribution in [0.15, 0.2) is 77.9 Å². The number of hydrogen-bond donors (Lipinski definition) is 1. The molecular formula is C29H28N2O5. The number of phenolic OH excluding ortho intramolecular Hbond substituents is 1. The summed E-state index contributed by atoms with van der Waals surface area (Å²) in [5.74, 6) is 2.62. The highest BCUT2D eigenvalue weighted by atomic mass is 16.5. The molecule has 0 fully saturated rings. The summed E-state index contributed by atoms with van der Waals surface area (Å²) in [6.45, 7) is 0. The number of ether oxygens (including phenoxy) is 4. The van der Waals surface area contributed by atoms with Crippen LogP contribution in [0.4, 0.5) is 5.69 Å². The van der Waals surface area contributed by atoms with Crippen molar-refractivity contribution >= 4 is 22.2 Å². The van der Waals surface area contributed by atoms with Crippen LogP contribution in [0.1, 0.15) is 23.6 Å². The lowest BCUT2D eigenvalue weighted by molar-refractivity contribution is 0.351. The van der Waals surface area contributed by atoms with Gasteiger partial charge in [-0.1, -0.05) is 36.4 Å². The zero-order valence-corrected chi connectivity index (χ0v) is 20.7. The number of hydrazone groups is 1. The summed E-state index contributed by atoms with van der Waals surface area (Å²) in [4.78, 5) is 0. The quantitative estimate of drug-likeness (QED) is 0.350. The highest BCUT2D eigenvalue weighted by molar-refractivity contribution is 6.06. The summed E-state index contributed by atoms with van der Waals surface area (Å²) in [5.41, 5.74) is 3.32. The molecule has 4 aromatic carbocycles. The largest absolute Gasteiger partial charge is 0.507 e. The van der Waals surface area contributed by atoms with Crippen LogP contribution < -0.4 is 24.0 Å². The Morgan fingerprint density at radius 2 is 1.47 bits per heavy atom. The summed E-state index contributed by atoms with van der Waals surface area (Å²) in [6, 6.07) is 23.3. The molecular weight excluding hydrogens is 456 g/mol. The van der Waals surface area contributed by atoms with E-state index in [-0.39, 0.29) is 11.8 Å². The van der Waals surface area contributed by atoms with Crippen molar-refractivity contribution < 1.29 is 24.1 Å². The summed E-state index contributed by atoms with van der Waals surface area (Å²) in [7, 11) is 6.44. The van der Waals surface area contributed by atoms with Gasteiger partial charge in [-0.05, 0) is 35.2 Å². The topological polar surface area (TPSA) is 72.8 Å². The van der Waals surface area contributed by atoms with Crippen molar-refractivity contribution in [3.05, 3.63) is 83.9 Å². The normalized spacial score (nSPS) is 15.1. The lowest BCUT2D eigenvalue weighted by Gasteiger charge is -2.26. The van der Waals surface area contributed by atoms with E-state index in [1.807, 2.05) is 47.5 Å². The standard InChI is InChI=1S/C29H28N2O5/c1-33-19-9-7-8-18(14-19)31-25(21-12-13-27(34-2)22-11-6-5-10-20(21)22)16-24(30-31)23-15-28(35-3)29(36-4)17-26(23)32/h5-15,17,25,32H,16H2,1-4H3. The van der Waals surface area contributed by atoms with Crippen LogP contribution in [0.2, 0.25) is 0 Å². The van der Waals surface area contributed by atoms with Gasteiger partial charge >= 0.3 is 0 Å². The van der Waals surface area contributed by atoms with Crippen molar-refractivity contribution in [1.29, 1.82) is 0 Å². The van der Waals surface area contributed by atoms with Gasteiger partial charge in [-0.25, -0.2) is 0 Å². The van der Waals surface area contributed by atoms with Gasteiger partial charge in [0, 0.05) is 29.5 Å². The predicted octanol–water partition coefficient (Wildman–Crippen LogP) is 5.94. The smallest absolute Gasteiger partial charge is 0.164 e. The Hall–Kier alpha value is -4.39. The first-order valence-corrected chi connectivity index (χ1v) is 11.6. The van der Waals surface area contributed by atoms with Gasteiger partial charge in [-0.3, -0.25) is 5.01 Å². The molecule has 0 bridgehead atoms. The maximum atomic E-state index is 10.9. The lowest BCUT2D eigenvalue weighted by atomic mass is 9.93. The highest BCUT2D eigenvalue weighted by Gasteiger charge is 2.33. The minimum absolute atomic E-state index is 0.0808. The van der Waals surface area contributed by atoms with Gasteiger partial charge < -0.3 is 24.1 Å². The van der Waals surface area contributed by atoms with Crippen molar-refractivity contribution in [3.63, 3.8) is 0 Å². The van der Waals surface area contributed by atoms with Gasteiger partial charge in [0.15, 0.2) is 11.5 Å². The van der Waals surface area contributed by atoms with Crippen LogP contribution in [0.3, 0.4) is 0 Å². The Morgan fingerprint density at radius 1 is 0.750 bits per heavy atom. The van der Waals surface area contributed by atoms with E-state index < -0.39 is 0 Å². The van der Waals surface area contributed by atoms with E-state index in [2.05, 4.69) is 18.2 Å². The zero-order chi connectivity index (χ0) is 25.2. The third-order valence-corrected chi connectivity index (χ3v) is 6.54. The van der Waals surface area contributed by atoms with Gasteiger partial charge in [0.25, 0.3) is 0 Å². The Labute approximate surface area is 210 Å². The maximum Gasteiger partial charge on any atom is 0.164 e. The fraction of sp³-hybridized carbons (Fsp3) is 0.207. The second kappa shape index (κ2) is 9.70. The molecule has 0 saturated heterocycles. The number of anilines is 1. The molecule has 1 unspecified atom stereocenters. The Bertz CT molecular complexity index is 1450. The van der Waals surface area contributed by atoms with Crippen LogP contribution in [0.25, 0.3) is 10.8 Å². The van der Waals surface area contributed by atoms with E-state index in [9.17, 15) is 5.11 Å². The van der Waals surface area contributed by atoms with Crippen LogP contribution in [0, 0.1) is 0 Å². The molecule has 1 N–H and O–H groups in total. The molecule has 7 heteroatoms. The molecule has 0 radical (unpaired) electrons. The SMILES string of the molecule is COc1cccc(N2N=C(c3cc(OC)c(OC)cc3O)CC2c2ccc(OC)c3ccccc23)c1. The third kappa shape index (κ3) is 4.02. The Kier molecular flexibility index (Phi) is 6.29. The predicted molar refractivity (Wildman–Crippen MR) is 141 cm³/mol. The fourth-order valence-corrected chi connectivity index (χ4v) is 4.77. The number of rotatable bonds is 7. The molecule has 0 aromatic heterocycles. The first-order chi connectivity index (χ1) is 17.6. The minimum atomic E-state index is -0.129. The van der Waals surface area contributed by atoms with E-state index in [0.717, 1.165) is 39.2 Å². The van der Waals surface area contributed by atoms with Crippen molar-refractivity contribution in [2.45, 2.75) is 12.5 Å². The monoisotopic (exact) mass is 484 g/mol. The molecule has 1 atom stereocenters. The first-order valence-electron chi connectivity index (χ1n) is 11.6. The number of benzene rings is 4. The minimum Gasteiger partial charge on any atom is -0.507 e. The van der Waals surface area contributed by atoms with E-state index in [4.69, 9.17) is 24.0 Å². The second-order valence-electron chi connectivity index (χ2n) is 8.44. The Balaban J connectivity index is 1.67. The zero-order valence-electron chi connectivity index (χ0n) is 20.7. The Morgan fingerprint density at radius 3 is 2.19 bits per heavy atom. The molecule has 5 rings (SSSR count). The third-order valence-electron chi connectivity index (χ3n) is 6.54. The molecule has 1 aliphatic heterocycles. The first kappa shape index (κ1) is 23.4. The van der Waals surface area contributed by atoms with E-state index in [1.165, 1.54) is 0 Å². The average molecular weight is 485 g/mol. The molecule has 0 spiro atoms. The molecule has 4 aromatic rings. The maximum absolute atomic E-state index is 10.9. The molecule has 0 aliphatic carbocycles. The molecule has 1 aliphatic rings. The summed E-state index contributed by atoms with van der Waals surface area (Å²) in [5, 5.41) is 20.0. The number of methoxy groups -OCH3 is 4. The summed E-state index contributed by atoms with van der Waals surface area (Å²) < 4.78 is 21.9. The molecule has 0 amide bonds. The second-order valence-corrected chi connectivity index (χ2v) is 8.44. The van der Waals surface area contributed by atoms with E-state index in [1.54, 1.807) is 40.6 Å². The number of phenols is 1. The molecule has 1 heterocycles. The summed E-state index contributed by atoms with van der Waals surface area (Å²) in [6.07, 6.45) is 0.566. The van der Waals surface area contributed by atoms with Crippen molar-refractivity contribution in [3.8, 4) is 28.7 Å². The fourth-order valence-electron chi connectivity index (χ4n) is 4.77. The summed E-state index contributed by atoms with van der Waals surface area (Å²) >= 11 is 0. The van der Waals surface area contributed by atoms with Gasteiger partial charge in [0.1, 0.15) is 17.2 Å². The van der Waals surface area contributed by atoms with Gasteiger partial charge in [0.05, 0.1) is 45.9 Å². The van der Waals surface area contributed by atoms with Crippen LogP contribution in [0.5, 0.6) is 28.7 Å². The van der Waals surface area contributed by atoms with Crippen LogP contribution in [-0.4, -0.2) is 39.3 Å². The van der Waals surface area contributed by atoms with Crippen LogP contribution >= 0.6 is 0 Å². The average Bonchev–Trinajstić information content (AvgIpc) is 3.37. The van der Waals surface area contributed by atoms with Crippen molar-refractivity contribution in [1.82, 2.24) is 0 Å².